The normalized spacial score (nSPS) is 19.4. The zero-order valence-electron chi connectivity index (χ0n) is 15.0. The van der Waals surface area contributed by atoms with Gasteiger partial charge in [-0.2, -0.15) is 5.26 Å². The summed E-state index contributed by atoms with van der Waals surface area (Å²) >= 11 is 1.52. The molecule has 0 saturated carbocycles. The van der Waals surface area contributed by atoms with Crippen LogP contribution < -0.4 is 10.2 Å². The van der Waals surface area contributed by atoms with Crippen LogP contribution in [0.2, 0.25) is 0 Å². The molecule has 2 saturated heterocycles. The van der Waals surface area contributed by atoms with Gasteiger partial charge in [-0.05, 0) is 24.3 Å². The minimum atomic E-state index is -0.820. The quantitative estimate of drug-likeness (QED) is 0.839. The van der Waals surface area contributed by atoms with E-state index >= 15 is 0 Å². The Hall–Kier alpha value is -2.86. The van der Waals surface area contributed by atoms with E-state index in [1.54, 1.807) is 18.3 Å². The van der Waals surface area contributed by atoms with Gasteiger partial charge < -0.3 is 15.1 Å². The summed E-state index contributed by atoms with van der Waals surface area (Å²) in [4.78, 5) is 32.7. The van der Waals surface area contributed by atoms with Crippen molar-refractivity contribution in [1.29, 1.82) is 5.26 Å². The van der Waals surface area contributed by atoms with Crippen molar-refractivity contribution in [2.24, 2.45) is 0 Å². The van der Waals surface area contributed by atoms with Crippen molar-refractivity contribution >= 4 is 40.2 Å². The Morgan fingerprint density at radius 2 is 2.18 bits per heavy atom. The molecule has 1 atom stereocenters. The van der Waals surface area contributed by atoms with Crippen LogP contribution in [0, 0.1) is 11.3 Å². The maximum atomic E-state index is 13.2. The molecule has 3 heterocycles. The van der Waals surface area contributed by atoms with Crippen LogP contribution in [0.25, 0.3) is 10.9 Å². The van der Waals surface area contributed by atoms with Crippen molar-refractivity contribution in [2.45, 2.75) is 12.2 Å². The fourth-order valence-corrected chi connectivity index (χ4v) is 4.42. The number of benzene rings is 1. The highest BCUT2D eigenvalue weighted by molar-refractivity contribution is 7.99. The topological polar surface area (TPSA) is 89.3 Å². The van der Waals surface area contributed by atoms with E-state index < -0.39 is 12.2 Å². The van der Waals surface area contributed by atoms with E-state index in [2.05, 4.69) is 16.4 Å². The van der Waals surface area contributed by atoms with E-state index in [0.717, 1.165) is 5.69 Å². The van der Waals surface area contributed by atoms with Crippen LogP contribution in [0.15, 0.2) is 30.5 Å². The maximum Gasteiger partial charge on any atom is 0.252 e. The lowest BCUT2D eigenvalue weighted by molar-refractivity contribution is -0.129. The van der Waals surface area contributed by atoms with E-state index in [0.29, 0.717) is 41.2 Å². The first-order chi connectivity index (χ1) is 13.6. The third-order valence-corrected chi connectivity index (χ3v) is 5.94. The molecule has 2 aromatic rings. The molecule has 144 valence electrons. The lowest BCUT2D eigenvalue weighted by Gasteiger charge is -2.36. The summed E-state index contributed by atoms with van der Waals surface area (Å²) in [5.41, 5.74) is 1.90. The molecule has 2 amide bonds. The van der Waals surface area contributed by atoms with Crippen molar-refractivity contribution in [1.82, 2.24) is 15.2 Å². The average Bonchev–Trinajstić information content (AvgIpc) is 3.17. The van der Waals surface area contributed by atoms with Crippen LogP contribution >= 0.6 is 11.8 Å². The molecule has 7 nitrogen and oxygen atoms in total. The van der Waals surface area contributed by atoms with Crippen molar-refractivity contribution in [3.63, 3.8) is 0 Å². The van der Waals surface area contributed by atoms with E-state index in [-0.39, 0.29) is 18.4 Å². The average molecular weight is 399 g/mol. The first-order valence-corrected chi connectivity index (χ1v) is 10.0. The summed E-state index contributed by atoms with van der Waals surface area (Å²) in [7, 11) is 0. The Kier molecular flexibility index (Phi) is 5.05. The lowest BCUT2D eigenvalue weighted by Crippen LogP contribution is -2.48. The highest BCUT2D eigenvalue weighted by atomic mass is 32.2. The molecule has 0 aliphatic carbocycles. The molecule has 1 N–H and O–H groups in total. The smallest absolute Gasteiger partial charge is 0.252 e. The zero-order valence-corrected chi connectivity index (χ0v) is 15.8. The standard InChI is InChI=1S/C19H18FN5O2S/c20-12-8-24(9-12)13-1-2-17-16(5-13)15(3-4-22-17)19(27)23-7-18(26)25-11-28-10-14(25)6-21/h1-5,12,14H,7-11H2,(H,23,27)/t14-/m1/s1. The second kappa shape index (κ2) is 7.64. The number of hydrogen-bond acceptors (Lipinski definition) is 6. The summed E-state index contributed by atoms with van der Waals surface area (Å²) in [6.45, 7) is 0.516. The molecule has 4 rings (SSSR count). The Balaban J connectivity index is 1.50. The van der Waals surface area contributed by atoms with Crippen molar-refractivity contribution in [3.05, 3.63) is 36.0 Å². The van der Waals surface area contributed by atoms with Gasteiger partial charge in [0.2, 0.25) is 5.91 Å². The molecule has 2 fully saturated rings. The molecular formula is C19H18FN5O2S. The van der Waals surface area contributed by atoms with Gasteiger partial charge in [-0.15, -0.1) is 11.8 Å². The predicted molar refractivity (Wildman–Crippen MR) is 105 cm³/mol. The minimum absolute atomic E-state index is 0.170. The SMILES string of the molecule is N#C[C@@H]1CSCN1C(=O)CNC(=O)c1ccnc2ccc(N3CC(F)C3)cc12. The Labute approximate surface area is 165 Å². The van der Waals surface area contributed by atoms with E-state index in [9.17, 15) is 14.0 Å². The molecule has 28 heavy (non-hydrogen) atoms. The summed E-state index contributed by atoms with van der Waals surface area (Å²) in [6.07, 6.45) is 0.724. The third kappa shape index (κ3) is 3.47. The molecular weight excluding hydrogens is 381 g/mol. The van der Waals surface area contributed by atoms with E-state index in [1.165, 1.54) is 16.7 Å². The molecule has 9 heteroatoms. The van der Waals surface area contributed by atoms with Crippen LogP contribution in [-0.4, -0.2) is 65.2 Å². The number of aromatic nitrogens is 1. The van der Waals surface area contributed by atoms with E-state index in [4.69, 9.17) is 5.26 Å². The molecule has 0 unspecified atom stereocenters. The number of thioether (sulfide) groups is 1. The first-order valence-electron chi connectivity index (χ1n) is 8.89. The van der Waals surface area contributed by atoms with Gasteiger partial charge in [-0.1, -0.05) is 0 Å². The summed E-state index contributed by atoms with van der Waals surface area (Å²) in [5.74, 6) is 0.383. The van der Waals surface area contributed by atoms with Crippen LogP contribution in [0.3, 0.4) is 0 Å². The Morgan fingerprint density at radius 3 is 2.93 bits per heavy atom. The van der Waals surface area contributed by atoms with Gasteiger partial charge >= 0.3 is 0 Å². The second-order valence-electron chi connectivity index (χ2n) is 6.75. The lowest BCUT2D eigenvalue weighted by atomic mass is 10.1. The number of halogens is 1. The molecule has 2 aliphatic heterocycles. The fraction of sp³-hybridized carbons (Fsp3) is 0.368. The molecule has 0 radical (unpaired) electrons. The zero-order chi connectivity index (χ0) is 19.7. The van der Waals surface area contributed by atoms with Gasteiger partial charge in [0.15, 0.2) is 0 Å². The number of nitrogens with one attached hydrogen (secondary N) is 1. The number of alkyl halides is 1. The maximum absolute atomic E-state index is 13.2. The summed E-state index contributed by atoms with van der Waals surface area (Å²) in [6, 6.07) is 8.74. The molecule has 1 aromatic carbocycles. The van der Waals surface area contributed by atoms with Gasteiger partial charge in [0.25, 0.3) is 5.91 Å². The number of nitriles is 1. The van der Waals surface area contributed by atoms with Crippen LogP contribution in [-0.2, 0) is 4.79 Å². The van der Waals surface area contributed by atoms with E-state index in [1.807, 2.05) is 17.0 Å². The third-order valence-electron chi connectivity index (χ3n) is 4.92. The Morgan fingerprint density at radius 1 is 1.36 bits per heavy atom. The predicted octanol–water partition coefficient (Wildman–Crippen LogP) is 1.55. The summed E-state index contributed by atoms with van der Waals surface area (Å²) < 4.78 is 13.2. The minimum Gasteiger partial charge on any atom is -0.366 e. The number of hydrogen-bond donors (Lipinski definition) is 1. The number of amides is 2. The number of nitrogens with zero attached hydrogens (tertiary/aromatic N) is 4. The number of rotatable bonds is 4. The Bertz CT molecular complexity index is 972. The van der Waals surface area contributed by atoms with Gasteiger partial charge in [0, 0.05) is 23.0 Å². The van der Waals surface area contributed by atoms with Gasteiger partial charge in [0.05, 0.1) is 42.7 Å². The largest absolute Gasteiger partial charge is 0.366 e. The van der Waals surface area contributed by atoms with Crippen LogP contribution in [0.5, 0.6) is 0 Å². The highest BCUT2D eigenvalue weighted by Crippen LogP contribution is 2.27. The van der Waals surface area contributed by atoms with Gasteiger partial charge in [0.1, 0.15) is 12.2 Å². The van der Waals surface area contributed by atoms with Gasteiger partial charge in [-0.25, -0.2) is 4.39 Å². The molecule has 2 aliphatic rings. The monoisotopic (exact) mass is 399 g/mol. The van der Waals surface area contributed by atoms with Crippen molar-refractivity contribution < 1.29 is 14.0 Å². The van der Waals surface area contributed by atoms with Crippen molar-refractivity contribution in [3.8, 4) is 6.07 Å². The molecule has 1 aromatic heterocycles. The fourth-order valence-electron chi connectivity index (χ4n) is 3.31. The number of carbonyl (C=O) groups excluding carboxylic acids is 2. The number of anilines is 1. The summed E-state index contributed by atoms with van der Waals surface area (Å²) in [5, 5.41) is 12.4. The number of pyridine rings is 1. The van der Waals surface area contributed by atoms with Gasteiger partial charge in [-0.3, -0.25) is 14.6 Å². The van der Waals surface area contributed by atoms with Crippen LogP contribution in [0.4, 0.5) is 10.1 Å². The van der Waals surface area contributed by atoms with Crippen molar-refractivity contribution in [2.75, 3.05) is 36.2 Å². The number of carbonyl (C=O) groups is 2. The van der Waals surface area contributed by atoms with Crippen LogP contribution in [0.1, 0.15) is 10.4 Å². The number of fused-ring (bicyclic) bond motifs is 1. The molecule has 0 spiro atoms. The second-order valence-corrected chi connectivity index (χ2v) is 7.75. The molecule has 0 bridgehead atoms. The highest BCUT2D eigenvalue weighted by Gasteiger charge is 2.29. The first kappa shape index (κ1) is 18.5.